The average Bonchev–Trinajstić information content (AvgIpc) is 2.86. The minimum absolute atomic E-state index is 0.210. The largest absolute Gasteiger partial charge is 0.494 e. The minimum atomic E-state index is -0.342. The van der Waals surface area contributed by atoms with Gasteiger partial charge in [0.15, 0.2) is 0 Å². The van der Waals surface area contributed by atoms with Crippen LogP contribution in [0.4, 0.5) is 10.1 Å². The van der Waals surface area contributed by atoms with E-state index >= 15 is 0 Å². The van der Waals surface area contributed by atoms with Gasteiger partial charge < -0.3 is 14.8 Å². The fourth-order valence-electron chi connectivity index (χ4n) is 3.33. The van der Waals surface area contributed by atoms with Crippen LogP contribution >= 0.6 is 0 Å². The number of benzene rings is 3. The lowest BCUT2D eigenvalue weighted by molar-refractivity contribution is -0.139. The number of carbonyl (C=O) groups excluding carboxylic acids is 2. The van der Waals surface area contributed by atoms with Gasteiger partial charge in [0.2, 0.25) is 0 Å². The quantitative estimate of drug-likeness (QED) is 0.178. The van der Waals surface area contributed by atoms with Gasteiger partial charge in [-0.3, -0.25) is 4.79 Å². The van der Waals surface area contributed by atoms with Crippen molar-refractivity contribution in [1.29, 1.82) is 0 Å². The summed E-state index contributed by atoms with van der Waals surface area (Å²) < 4.78 is 23.9. The van der Waals surface area contributed by atoms with Crippen molar-refractivity contribution in [3.63, 3.8) is 0 Å². The zero-order chi connectivity index (χ0) is 25.0. The van der Waals surface area contributed by atoms with Gasteiger partial charge >= 0.3 is 5.97 Å². The maximum atomic E-state index is 13.1. The molecule has 1 N–H and O–H groups in total. The van der Waals surface area contributed by atoms with Crippen LogP contribution in [0, 0.1) is 5.82 Å². The Labute approximate surface area is 205 Å². The van der Waals surface area contributed by atoms with Crippen molar-refractivity contribution in [2.75, 3.05) is 18.5 Å². The summed E-state index contributed by atoms with van der Waals surface area (Å²) in [5.41, 5.74) is 3.47. The first-order valence-electron chi connectivity index (χ1n) is 11.7. The fraction of sp³-hybridized carbons (Fsp3) is 0.241. The maximum absolute atomic E-state index is 13.1. The molecule has 6 heteroatoms. The first-order chi connectivity index (χ1) is 16.9. The third-order valence-corrected chi connectivity index (χ3v) is 5.33. The highest BCUT2D eigenvalue weighted by Crippen LogP contribution is 2.22. The van der Waals surface area contributed by atoms with E-state index in [0.717, 1.165) is 36.8 Å². The standard InChI is InChI=1S/C29H30FNO4/c1-21(2)29(33)35-20-6-4-3-5-19-34-27-17-11-24(12-18-27)28(32)31-26-15-9-23(10-16-26)22-7-13-25(30)14-8-22/h7-18H,1,3-6,19-20H2,2H3,(H,31,32). The minimum Gasteiger partial charge on any atom is -0.494 e. The van der Waals surface area contributed by atoms with E-state index in [1.165, 1.54) is 12.1 Å². The normalized spacial score (nSPS) is 10.5. The van der Waals surface area contributed by atoms with E-state index in [9.17, 15) is 14.0 Å². The number of ether oxygens (including phenoxy) is 2. The van der Waals surface area contributed by atoms with Gasteiger partial charge in [0.1, 0.15) is 11.6 Å². The summed E-state index contributed by atoms with van der Waals surface area (Å²) in [6.07, 6.45) is 3.64. The molecule has 0 heterocycles. The Hall–Kier alpha value is -3.93. The Morgan fingerprint density at radius 3 is 1.97 bits per heavy atom. The number of amides is 1. The fourth-order valence-corrected chi connectivity index (χ4v) is 3.33. The molecule has 3 rings (SSSR count). The van der Waals surface area contributed by atoms with Crippen molar-refractivity contribution in [1.82, 2.24) is 0 Å². The highest BCUT2D eigenvalue weighted by Gasteiger charge is 2.07. The van der Waals surface area contributed by atoms with Crippen molar-refractivity contribution in [2.45, 2.75) is 32.6 Å². The molecule has 0 radical (unpaired) electrons. The second-order valence-electron chi connectivity index (χ2n) is 8.24. The lowest BCUT2D eigenvalue weighted by Crippen LogP contribution is -2.11. The van der Waals surface area contributed by atoms with E-state index in [1.807, 2.05) is 24.3 Å². The van der Waals surface area contributed by atoms with Gasteiger partial charge in [0, 0.05) is 16.8 Å². The first-order valence-corrected chi connectivity index (χ1v) is 11.7. The van der Waals surface area contributed by atoms with Crippen LogP contribution in [-0.2, 0) is 9.53 Å². The molecule has 0 aliphatic rings. The molecule has 0 atom stereocenters. The third-order valence-electron chi connectivity index (χ3n) is 5.33. The SMILES string of the molecule is C=C(C)C(=O)OCCCCCCOc1ccc(C(=O)Nc2ccc(-c3ccc(F)cc3)cc2)cc1. The van der Waals surface area contributed by atoms with Gasteiger partial charge in [-0.25, -0.2) is 9.18 Å². The number of carbonyl (C=O) groups is 2. The zero-order valence-corrected chi connectivity index (χ0v) is 19.9. The molecule has 1 amide bonds. The number of hydrogen-bond donors (Lipinski definition) is 1. The van der Waals surface area contributed by atoms with Crippen LogP contribution in [0.1, 0.15) is 43.0 Å². The number of esters is 1. The Bertz CT molecular complexity index is 1120. The molecule has 0 bridgehead atoms. The van der Waals surface area contributed by atoms with Crippen molar-refractivity contribution in [3.05, 3.63) is 96.3 Å². The molecule has 0 aliphatic carbocycles. The second kappa shape index (κ2) is 13.1. The van der Waals surface area contributed by atoms with E-state index in [-0.39, 0.29) is 17.7 Å². The lowest BCUT2D eigenvalue weighted by atomic mass is 10.1. The van der Waals surface area contributed by atoms with E-state index in [1.54, 1.807) is 43.3 Å². The number of nitrogens with one attached hydrogen (secondary N) is 1. The molecule has 3 aromatic rings. The molecule has 0 saturated carbocycles. The van der Waals surface area contributed by atoms with Gasteiger partial charge in [-0.1, -0.05) is 30.8 Å². The van der Waals surface area contributed by atoms with Gasteiger partial charge in [0.05, 0.1) is 13.2 Å². The molecule has 35 heavy (non-hydrogen) atoms. The summed E-state index contributed by atoms with van der Waals surface area (Å²) in [6.45, 7) is 6.18. The topological polar surface area (TPSA) is 64.6 Å². The van der Waals surface area contributed by atoms with Crippen molar-refractivity contribution in [2.24, 2.45) is 0 Å². The summed E-state index contributed by atoms with van der Waals surface area (Å²) in [4.78, 5) is 23.8. The summed E-state index contributed by atoms with van der Waals surface area (Å²) in [5.74, 6) is -0.117. The summed E-state index contributed by atoms with van der Waals surface area (Å²) in [5, 5.41) is 2.88. The van der Waals surface area contributed by atoms with Crippen molar-refractivity contribution < 1.29 is 23.5 Å². The highest BCUT2D eigenvalue weighted by atomic mass is 19.1. The third kappa shape index (κ3) is 8.41. The van der Waals surface area contributed by atoms with E-state index in [4.69, 9.17) is 9.47 Å². The number of unbranched alkanes of at least 4 members (excludes halogenated alkanes) is 3. The zero-order valence-electron chi connectivity index (χ0n) is 19.9. The molecule has 3 aromatic carbocycles. The second-order valence-corrected chi connectivity index (χ2v) is 8.24. The van der Waals surface area contributed by atoms with Crippen LogP contribution in [0.5, 0.6) is 5.75 Å². The van der Waals surface area contributed by atoms with Crippen molar-refractivity contribution in [3.8, 4) is 16.9 Å². The average molecular weight is 476 g/mol. The van der Waals surface area contributed by atoms with Gasteiger partial charge in [-0.2, -0.15) is 0 Å². The van der Waals surface area contributed by atoms with Crippen LogP contribution in [-0.4, -0.2) is 25.1 Å². The van der Waals surface area contributed by atoms with E-state index < -0.39 is 0 Å². The molecule has 0 spiro atoms. The number of anilines is 1. The summed E-state index contributed by atoms with van der Waals surface area (Å²) >= 11 is 0. The molecule has 5 nitrogen and oxygen atoms in total. The van der Waals surface area contributed by atoms with Crippen LogP contribution < -0.4 is 10.1 Å². The Balaban J connectivity index is 1.37. The van der Waals surface area contributed by atoms with Crippen LogP contribution in [0.25, 0.3) is 11.1 Å². The summed E-state index contributed by atoms with van der Waals surface area (Å²) in [7, 11) is 0. The van der Waals surface area contributed by atoms with Gasteiger partial charge in [-0.05, 0) is 92.3 Å². The molecule has 182 valence electrons. The molecule has 0 unspecified atom stereocenters. The Morgan fingerprint density at radius 1 is 0.800 bits per heavy atom. The van der Waals surface area contributed by atoms with Gasteiger partial charge in [0.25, 0.3) is 5.91 Å². The van der Waals surface area contributed by atoms with Crippen LogP contribution in [0.15, 0.2) is 84.9 Å². The maximum Gasteiger partial charge on any atom is 0.333 e. The number of halogens is 1. The molecular weight excluding hydrogens is 445 g/mol. The van der Waals surface area contributed by atoms with E-state index in [0.29, 0.717) is 35.8 Å². The van der Waals surface area contributed by atoms with Crippen LogP contribution in [0.2, 0.25) is 0 Å². The molecule has 0 saturated heterocycles. The number of hydrogen-bond acceptors (Lipinski definition) is 4. The van der Waals surface area contributed by atoms with Crippen LogP contribution in [0.3, 0.4) is 0 Å². The molecule has 0 aromatic heterocycles. The highest BCUT2D eigenvalue weighted by molar-refractivity contribution is 6.04. The predicted octanol–water partition coefficient (Wildman–Crippen LogP) is 6.80. The number of rotatable bonds is 12. The van der Waals surface area contributed by atoms with Crippen molar-refractivity contribution >= 4 is 17.6 Å². The Kier molecular flexibility index (Phi) is 9.60. The summed E-state index contributed by atoms with van der Waals surface area (Å²) in [6, 6.07) is 20.7. The van der Waals surface area contributed by atoms with E-state index in [2.05, 4.69) is 11.9 Å². The lowest BCUT2D eigenvalue weighted by Gasteiger charge is -2.09. The first kappa shape index (κ1) is 25.7. The predicted molar refractivity (Wildman–Crippen MR) is 136 cm³/mol. The molecular formula is C29H30FNO4. The Morgan fingerprint density at radius 2 is 1.37 bits per heavy atom. The van der Waals surface area contributed by atoms with Gasteiger partial charge in [-0.15, -0.1) is 0 Å². The molecule has 0 fully saturated rings. The smallest absolute Gasteiger partial charge is 0.333 e. The monoisotopic (exact) mass is 475 g/mol. The molecule has 0 aliphatic heterocycles.